The third kappa shape index (κ3) is 7.22. The van der Waals surface area contributed by atoms with Crippen LogP contribution < -0.4 is 0 Å². The van der Waals surface area contributed by atoms with Crippen molar-refractivity contribution in [2.24, 2.45) is 0 Å². The Morgan fingerprint density at radius 1 is 1.00 bits per heavy atom. The Balaban J connectivity index is 3.32. The number of unbranched alkanes of at least 4 members (excludes halogenated alkanes) is 1. The van der Waals surface area contributed by atoms with Gasteiger partial charge in [0.25, 0.3) is 0 Å². The Morgan fingerprint density at radius 3 is 2.30 bits per heavy atom. The molecule has 0 radical (unpaired) electrons. The van der Waals surface area contributed by atoms with Gasteiger partial charge < -0.3 is 0 Å². The van der Waals surface area contributed by atoms with Crippen molar-refractivity contribution in [2.45, 2.75) is 26.7 Å². The van der Waals surface area contributed by atoms with Gasteiger partial charge in [-0.3, -0.25) is 0 Å². The van der Waals surface area contributed by atoms with Crippen LogP contribution in [0.25, 0.3) is 0 Å². The molecule has 0 bridgehead atoms. The maximum atomic E-state index is 2.18. The number of rotatable bonds is 4. The third-order valence-electron chi connectivity index (χ3n) is 1.12. The second-order valence-corrected chi connectivity index (χ2v) is 2.13. The lowest BCUT2D eigenvalue weighted by Gasteiger charge is -1.78. The van der Waals surface area contributed by atoms with Gasteiger partial charge in [0.15, 0.2) is 0 Å². The van der Waals surface area contributed by atoms with Gasteiger partial charge in [0, 0.05) is 0 Å². The first-order valence-electron chi connectivity index (χ1n) is 3.86. The fourth-order valence-electron chi connectivity index (χ4n) is 0.581. The lowest BCUT2D eigenvalue weighted by atomic mass is 10.3. The van der Waals surface area contributed by atoms with Gasteiger partial charge in [-0.1, -0.05) is 49.8 Å². The highest BCUT2D eigenvalue weighted by atomic mass is 13.7. The summed E-state index contributed by atoms with van der Waals surface area (Å²) < 4.78 is 0. The molecule has 0 aromatic carbocycles. The summed E-state index contributed by atoms with van der Waals surface area (Å²) in [5.41, 5.74) is 0. The van der Waals surface area contributed by atoms with Crippen LogP contribution in [0.15, 0.2) is 36.5 Å². The predicted molar refractivity (Wildman–Crippen MR) is 48.0 cm³/mol. The van der Waals surface area contributed by atoms with Crippen LogP contribution in [0.4, 0.5) is 0 Å². The molecule has 0 atom stereocenters. The Morgan fingerprint density at radius 2 is 1.70 bits per heavy atom. The summed E-state index contributed by atoms with van der Waals surface area (Å²) in [5.74, 6) is 0. The fraction of sp³-hybridized carbons (Fsp3) is 0.400. The molecule has 0 unspecified atom stereocenters. The lowest BCUT2D eigenvalue weighted by molar-refractivity contribution is 0.959. The molecule has 10 heavy (non-hydrogen) atoms. The van der Waals surface area contributed by atoms with Crippen LogP contribution >= 0.6 is 0 Å². The van der Waals surface area contributed by atoms with Gasteiger partial charge in [-0.2, -0.15) is 0 Å². The SMILES string of the molecule is C/C=C/C=C\C=C\CCC. The zero-order valence-electron chi connectivity index (χ0n) is 6.88. The van der Waals surface area contributed by atoms with Crippen molar-refractivity contribution in [3.63, 3.8) is 0 Å². The van der Waals surface area contributed by atoms with Crippen molar-refractivity contribution in [1.29, 1.82) is 0 Å². The summed E-state index contributed by atoms with van der Waals surface area (Å²) in [7, 11) is 0. The molecular formula is C10H16. The fourth-order valence-corrected chi connectivity index (χ4v) is 0.581. The smallest absolute Gasteiger partial charge is 0.0350 e. The molecule has 0 aliphatic heterocycles. The van der Waals surface area contributed by atoms with Crippen molar-refractivity contribution in [1.82, 2.24) is 0 Å². The predicted octanol–water partition coefficient (Wildman–Crippen LogP) is 3.48. The molecule has 0 heteroatoms. The Labute approximate surface area is 64.0 Å². The van der Waals surface area contributed by atoms with Crippen molar-refractivity contribution in [3.05, 3.63) is 36.5 Å². The first-order valence-corrected chi connectivity index (χ1v) is 3.86. The first kappa shape index (κ1) is 9.22. The zero-order chi connectivity index (χ0) is 7.66. The average Bonchev–Trinajstić information content (AvgIpc) is 1.97. The maximum Gasteiger partial charge on any atom is -0.0350 e. The first-order chi connectivity index (χ1) is 4.91. The van der Waals surface area contributed by atoms with Gasteiger partial charge >= 0.3 is 0 Å². The van der Waals surface area contributed by atoms with E-state index in [1.54, 1.807) is 0 Å². The minimum atomic E-state index is 1.18. The third-order valence-corrected chi connectivity index (χ3v) is 1.12. The standard InChI is InChI=1S/C10H16/c1-3-5-7-9-10-8-6-4-2/h3,5,7-10H,4,6H2,1-2H3/b5-3+,9-7-,10-8+. The van der Waals surface area contributed by atoms with Crippen molar-refractivity contribution < 1.29 is 0 Å². The average molecular weight is 136 g/mol. The Kier molecular flexibility index (Phi) is 7.58. The van der Waals surface area contributed by atoms with E-state index >= 15 is 0 Å². The molecule has 0 saturated carbocycles. The summed E-state index contributed by atoms with van der Waals surface area (Å²) in [6, 6.07) is 0. The molecule has 0 N–H and O–H groups in total. The summed E-state index contributed by atoms with van der Waals surface area (Å²) in [4.78, 5) is 0. The molecule has 0 amide bonds. The largest absolute Gasteiger partial charge is 0.0877 e. The van der Waals surface area contributed by atoms with Gasteiger partial charge in [-0.05, 0) is 13.3 Å². The molecule has 0 fully saturated rings. The molecule has 0 aliphatic carbocycles. The van der Waals surface area contributed by atoms with Crippen LogP contribution in [0, 0.1) is 0 Å². The maximum absolute atomic E-state index is 2.18. The van der Waals surface area contributed by atoms with Crippen molar-refractivity contribution in [3.8, 4) is 0 Å². The highest BCUT2D eigenvalue weighted by Crippen LogP contribution is 1.88. The van der Waals surface area contributed by atoms with Crippen LogP contribution in [-0.2, 0) is 0 Å². The topological polar surface area (TPSA) is 0 Å². The number of hydrogen-bond acceptors (Lipinski definition) is 0. The van der Waals surface area contributed by atoms with E-state index in [4.69, 9.17) is 0 Å². The van der Waals surface area contributed by atoms with E-state index in [1.807, 2.05) is 25.2 Å². The second-order valence-electron chi connectivity index (χ2n) is 2.13. The van der Waals surface area contributed by atoms with Crippen LogP contribution in [-0.4, -0.2) is 0 Å². The highest BCUT2D eigenvalue weighted by molar-refractivity contribution is 5.10. The van der Waals surface area contributed by atoms with Crippen LogP contribution in [0.2, 0.25) is 0 Å². The van der Waals surface area contributed by atoms with E-state index in [9.17, 15) is 0 Å². The molecule has 0 nitrogen and oxygen atoms in total. The van der Waals surface area contributed by atoms with E-state index in [2.05, 4.69) is 25.2 Å². The molecule has 56 valence electrons. The summed E-state index contributed by atoms with van der Waals surface area (Å²) in [6.07, 6.45) is 14.8. The van der Waals surface area contributed by atoms with Gasteiger partial charge in [0.05, 0.1) is 0 Å². The summed E-state index contributed by atoms with van der Waals surface area (Å²) >= 11 is 0. The van der Waals surface area contributed by atoms with Crippen LogP contribution in [0.3, 0.4) is 0 Å². The Hall–Kier alpha value is -0.780. The van der Waals surface area contributed by atoms with Crippen LogP contribution in [0.1, 0.15) is 26.7 Å². The quantitative estimate of drug-likeness (QED) is 0.519. The monoisotopic (exact) mass is 136 g/mol. The van der Waals surface area contributed by atoms with Crippen LogP contribution in [0.5, 0.6) is 0 Å². The lowest BCUT2D eigenvalue weighted by Crippen LogP contribution is -1.58. The molecule has 0 aliphatic rings. The summed E-state index contributed by atoms with van der Waals surface area (Å²) in [5, 5.41) is 0. The van der Waals surface area contributed by atoms with Gasteiger partial charge in [-0.15, -0.1) is 0 Å². The highest BCUT2D eigenvalue weighted by Gasteiger charge is 1.67. The van der Waals surface area contributed by atoms with Gasteiger partial charge in [0.1, 0.15) is 0 Å². The molecule has 0 aromatic heterocycles. The van der Waals surface area contributed by atoms with Crippen molar-refractivity contribution in [2.75, 3.05) is 0 Å². The molecule has 0 rings (SSSR count). The molecule has 0 spiro atoms. The zero-order valence-corrected chi connectivity index (χ0v) is 6.88. The number of hydrogen-bond donors (Lipinski definition) is 0. The molecule has 0 saturated heterocycles. The van der Waals surface area contributed by atoms with Gasteiger partial charge in [-0.25, -0.2) is 0 Å². The van der Waals surface area contributed by atoms with Gasteiger partial charge in [0.2, 0.25) is 0 Å². The minimum absolute atomic E-state index is 1.18. The molecule has 0 heterocycles. The Bertz CT molecular complexity index is 127. The molecular weight excluding hydrogens is 120 g/mol. The molecule has 0 aromatic rings. The van der Waals surface area contributed by atoms with E-state index in [1.165, 1.54) is 12.8 Å². The van der Waals surface area contributed by atoms with E-state index in [0.717, 1.165) is 0 Å². The van der Waals surface area contributed by atoms with E-state index < -0.39 is 0 Å². The summed E-state index contributed by atoms with van der Waals surface area (Å²) in [6.45, 7) is 4.19. The van der Waals surface area contributed by atoms with E-state index in [0.29, 0.717) is 0 Å². The number of allylic oxidation sites excluding steroid dienone is 6. The van der Waals surface area contributed by atoms with E-state index in [-0.39, 0.29) is 0 Å². The second kappa shape index (κ2) is 8.22. The minimum Gasteiger partial charge on any atom is -0.0877 e. The van der Waals surface area contributed by atoms with Crippen molar-refractivity contribution >= 4 is 0 Å². The normalized spacial score (nSPS) is 12.6.